The molecule has 2 aromatic rings. The van der Waals surface area contributed by atoms with Crippen molar-refractivity contribution in [3.05, 3.63) is 41.6 Å². The van der Waals surface area contributed by atoms with E-state index in [0.29, 0.717) is 18.0 Å². The summed E-state index contributed by atoms with van der Waals surface area (Å²) in [5.41, 5.74) is 2.91. The van der Waals surface area contributed by atoms with Crippen LogP contribution in [0.5, 0.6) is 0 Å². The fraction of sp³-hybridized carbons (Fsp3) is 0.500. The van der Waals surface area contributed by atoms with Crippen LogP contribution in [0.15, 0.2) is 30.3 Å². The second kappa shape index (κ2) is 5.55. The number of para-hydroxylation sites is 1. The van der Waals surface area contributed by atoms with Crippen LogP contribution in [0.4, 0.5) is 0 Å². The molecular weight excluding hydrogens is 298 g/mol. The number of carbonyl (C=O) groups excluding carboxylic acids is 1. The van der Waals surface area contributed by atoms with Crippen LogP contribution >= 0.6 is 0 Å². The highest BCUT2D eigenvalue weighted by atomic mass is 16.2. The summed E-state index contributed by atoms with van der Waals surface area (Å²) in [5.74, 6) is 0.743. The summed E-state index contributed by atoms with van der Waals surface area (Å²) < 4.78 is 0. The van der Waals surface area contributed by atoms with Crippen LogP contribution in [-0.4, -0.2) is 41.0 Å². The van der Waals surface area contributed by atoms with Gasteiger partial charge in [-0.1, -0.05) is 18.2 Å². The number of aromatic nitrogens is 1. The van der Waals surface area contributed by atoms with Gasteiger partial charge >= 0.3 is 0 Å². The van der Waals surface area contributed by atoms with E-state index in [1.807, 2.05) is 24.3 Å². The van der Waals surface area contributed by atoms with E-state index >= 15 is 0 Å². The van der Waals surface area contributed by atoms with E-state index in [1.165, 1.54) is 25.7 Å². The molecule has 2 bridgehead atoms. The van der Waals surface area contributed by atoms with Gasteiger partial charge in [0.15, 0.2) is 0 Å². The molecule has 1 amide bonds. The summed E-state index contributed by atoms with van der Waals surface area (Å²) in [6, 6.07) is 11.2. The van der Waals surface area contributed by atoms with Gasteiger partial charge in [0, 0.05) is 42.2 Å². The SMILES string of the molecule is O=C(c1cc(C2CC2)nc2ccccc12)N1CCC2CCC(C1)N2. The summed E-state index contributed by atoms with van der Waals surface area (Å²) in [4.78, 5) is 20.2. The highest BCUT2D eigenvalue weighted by Gasteiger charge is 2.33. The number of rotatable bonds is 2. The number of hydrogen-bond donors (Lipinski definition) is 1. The maximum atomic E-state index is 13.3. The molecule has 124 valence electrons. The van der Waals surface area contributed by atoms with Crippen molar-refractivity contribution in [3.63, 3.8) is 0 Å². The minimum absolute atomic E-state index is 0.185. The maximum Gasteiger partial charge on any atom is 0.254 e. The number of nitrogens with one attached hydrogen (secondary N) is 1. The van der Waals surface area contributed by atoms with Crippen molar-refractivity contribution >= 4 is 16.8 Å². The molecule has 3 fully saturated rings. The monoisotopic (exact) mass is 321 g/mol. The number of amides is 1. The molecule has 3 aliphatic rings. The lowest BCUT2D eigenvalue weighted by Crippen LogP contribution is -2.39. The van der Waals surface area contributed by atoms with E-state index in [1.54, 1.807) is 0 Å². The Morgan fingerprint density at radius 1 is 1.08 bits per heavy atom. The maximum absolute atomic E-state index is 13.3. The number of fused-ring (bicyclic) bond motifs is 3. The zero-order valence-electron chi connectivity index (χ0n) is 13.9. The van der Waals surface area contributed by atoms with E-state index in [4.69, 9.17) is 4.98 Å². The number of carbonyl (C=O) groups is 1. The van der Waals surface area contributed by atoms with Crippen LogP contribution in [-0.2, 0) is 0 Å². The van der Waals surface area contributed by atoms with Crippen LogP contribution in [0.1, 0.15) is 54.1 Å². The molecule has 2 saturated heterocycles. The normalized spacial score (nSPS) is 26.6. The van der Waals surface area contributed by atoms with Gasteiger partial charge in [-0.25, -0.2) is 0 Å². The van der Waals surface area contributed by atoms with Gasteiger partial charge in [-0.15, -0.1) is 0 Å². The quantitative estimate of drug-likeness (QED) is 0.924. The van der Waals surface area contributed by atoms with Crippen molar-refractivity contribution < 1.29 is 4.79 Å². The van der Waals surface area contributed by atoms with Crippen LogP contribution in [0.25, 0.3) is 10.9 Å². The van der Waals surface area contributed by atoms with Gasteiger partial charge in [-0.3, -0.25) is 9.78 Å². The van der Waals surface area contributed by atoms with Crippen molar-refractivity contribution in [2.45, 2.75) is 50.1 Å². The molecule has 1 aliphatic carbocycles. The van der Waals surface area contributed by atoms with Crippen molar-refractivity contribution in [3.8, 4) is 0 Å². The first-order valence-electron chi connectivity index (χ1n) is 9.23. The van der Waals surface area contributed by atoms with Crippen molar-refractivity contribution in [2.24, 2.45) is 0 Å². The Morgan fingerprint density at radius 3 is 2.79 bits per heavy atom. The lowest BCUT2D eigenvalue weighted by atomic mass is 10.0. The number of likely N-dealkylation sites (tertiary alicyclic amines) is 1. The third-order valence-corrected chi connectivity index (χ3v) is 5.77. The van der Waals surface area contributed by atoms with E-state index in [9.17, 15) is 4.79 Å². The minimum Gasteiger partial charge on any atom is -0.337 e. The zero-order valence-corrected chi connectivity index (χ0v) is 13.9. The molecule has 1 aromatic carbocycles. The predicted octanol–water partition coefficient (Wildman–Crippen LogP) is 3.08. The molecule has 1 saturated carbocycles. The zero-order chi connectivity index (χ0) is 16.1. The standard InChI is InChI=1S/C20H23N3O/c24-20(23-10-9-14-7-8-15(12-23)21-14)17-11-19(13-5-6-13)22-18-4-2-1-3-16(17)18/h1-4,11,13-15,21H,5-10,12H2. The molecule has 2 atom stereocenters. The first kappa shape index (κ1) is 14.4. The van der Waals surface area contributed by atoms with Gasteiger partial charge in [0.2, 0.25) is 0 Å². The first-order chi connectivity index (χ1) is 11.8. The summed E-state index contributed by atoms with van der Waals surface area (Å²) in [6.07, 6.45) is 5.93. The molecule has 4 nitrogen and oxygen atoms in total. The van der Waals surface area contributed by atoms with Crippen molar-refractivity contribution in [1.82, 2.24) is 15.2 Å². The number of benzene rings is 1. The Labute approximate surface area is 142 Å². The summed E-state index contributed by atoms with van der Waals surface area (Å²) in [7, 11) is 0. The largest absolute Gasteiger partial charge is 0.337 e. The number of hydrogen-bond acceptors (Lipinski definition) is 3. The molecule has 2 unspecified atom stereocenters. The molecule has 2 aliphatic heterocycles. The van der Waals surface area contributed by atoms with E-state index in [2.05, 4.69) is 16.3 Å². The number of pyridine rings is 1. The summed E-state index contributed by atoms with van der Waals surface area (Å²) in [6.45, 7) is 1.70. The van der Waals surface area contributed by atoms with Gasteiger partial charge in [0.25, 0.3) is 5.91 Å². The second-order valence-corrected chi connectivity index (χ2v) is 7.56. The van der Waals surface area contributed by atoms with Gasteiger partial charge in [0.1, 0.15) is 0 Å². The Morgan fingerprint density at radius 2 is 1.92 bits per heavy atom. The lowest BCUT2D eigenvalue weighted by molar-refractivity contribution is 0.0750. The van der Waals surface area contributed by atoms with Gasteiger partial charge in [-0.2, -0.15) is 0 Å². The van der Waals surface area contributed by atoms with E-state index in [0.717, 1.165) is 41.7 Å². The molecule has 24 heavy (non-hydrogen) atoms. The van der Waals surface area contributed by atoms with E-state index < -0.39 is 0 Å². The molecule has 1 aromatic heterocycles. The average molecular weight is 321 g/mol. The fourth-order valence-corrected chi connectivity index (χ4v) is 4.26. The third-order valence-electron chi connectivity index (χ3n) is 5.77. The fourth-order valence-electron chi connectivity index (χ4n) is 4.26. The smallest absolute Gasteiger partial charge is 0.254 e. The lowest BCUT2D eigenvalue weighted by Gasteiger charge is -2.25. The van der Waals surface area contributed by atoms with Crippen LogP contribution in [0, 0.1) is 0 Å². The van der Waals surface area contributed by atoms with Crippen molar-refractivity contribution in [2.75, 3.05) is 13.1 Å². The molecule has 5 rings (SSSR count). The highest BCUT2D eigenvalue weighted by molar-refractivity contribution is 6.06. The third kappa shape index (κ3) is 2.49. The van der Waals surface area contributed by atoms with Crippen LogP contribution in [0.3, 0.4) is 0 Å². The van der Waals surface area contributed by atoms with Gasteiger partial charge < -0.3 is 10.2 Å². The first-order valence-corrected chi connectivity index (χ1v) is 9.23. The molecule has 1 N–H and O–H groups in total. The molecule has 4 heteroatoms. The number of nitrogens with zero attached hydrogens (tertiary/aromatic N) is 2. The Balaban J connectivity index is 1.53. The minimum atomic E-state index is 0.185. The highest BCUT2D eigenvalue weighted by Crippen LogP contribution is 2.40. The molecular formula is C20H23N3O. The van der Waals surface area contributed by atoms with Gasteiger partial charge in [0.05, 0.1) is 11.1 Å². The van der Waals surface area contributed by atoms with Crippen LogP contribution < -0.4 is 5.32 Å². The molecule has 0 spiro atoms. The molecule has 3 heterocycles. The van der Waals surface area contributed by atoms with Crippen LogP contribution in [0.2, 0.25) is 0 Å². The summed E-state index contributed by atoms with van der Waals surface area (Å²) >= 11 is 0. The van der Waals surface area contributed by atoms with Gasteiger partial charge in [-0.05, 0) is 44.2 Å². The topological polar surface area (TPSA) is 45.2 Å². The average Bonchev–Trinajstić information content (AvgIpc) is 3.38. The predicted molar refractivity (Wildman–Crippen MR) is 94.2 cm³/mol. The van der Waals surface area contributed by atoms with E-state index in [-0.39, 0.29) is 5.91 Å². The molecule has 0 radical (unpaired) electrons. The Hall–Kier alpha value is -1.94. The van der Waals surface area contributed by atoms with Crippen molar-refractivity contribution in [1.29, 1.82) is 0 Å². The second-order valence-electron chi connectivity index (χ2n) is 7.56. The summed E-state index contributed by atoms with van der Waals surface area (Å²) in [5, 5.41) is 4.65. The Kier molecular flexibility index (Phi) is 3.33. The Bertz CT molecular complexity index is 799.